The lowest BCUT2D eigenvalue weighted by Gasteiger charge is -2.16. The van der Waals surface area contributed by atoms with Crippen molar-refractivity contribution < 1.29 is 4.79 Å². The molecule has 1 aromatic rings. The summed E-state index contributed by atoms with van der Waals surface area (Å²) in [6.07, 6.45) is 2.57. The Balaban J connectivity index is 2.56. The SMILES string of the molecule is CNCCCN(C)C(=O)c1ccnc(Br)c1. The Morgan fingerprint density at radius 1 is 1.62 bits per heavy atom. The van der Waals surface area contributed by atoms with Crippen LogP contribution in [0.4, 0.5) is 0 Å². The van der Waals surface area contributed by atoms with Gasteiger partial charge in [-0.1, -0.05) is 0 Å². The number of nitrogens with one attached hydrogen (secondary N) is 1. The molecule has 0 aromatic carbocycles. The van der Waals surface area contributed by atoms with Crippen LogP contribution in [-0.2, 0) is 0 Å². The second-order valence-electron chi connectivity index (χ2n) is 3.55. The molecule has 0 spiro atoms. The van der Waals surface area contributed by atoms with Gasteiger partial charge < -0.3 is 10.2 Å². The molecule has 0 radical (unpaired) electrons. The van der Waals surface area contributed by atoms with E-state index in [0.717, 1.165) is 19.5 Å². The monoisotopic (exact) mass is 285 g/mol. The van der Waals surface area contributed by atoms with Gasteiger partial charge in [0.1, 0.15) is 4.60 Å². The molecule has 0 saturated carbocycles. The largest absolute Gasteiger partial charge is 0.342 e. The first kappa shape index (κ1) is 13.1. The summed E-state index contributed by atoms with van der Waals surface area (Å²) in [5, 5.41) is 3.06. The molecule has 1 amide bonds. The van der Waals surface area contributed by atoms with Gasteiger partial charge in [0.2, 0.25) is 0 Å². The fraction of sp³-hybridized carbons (Fsp3) is 0.455. The molecule has 0 atom stereocenters. The van der Waals surface area contributed by atoms with Crippen LogP contribution in [0.2, 0.25) is 0 Å². The molecule has 0 fully saturated rings. The van der Waals surface area contributed by atoms with Crippen LogP contribution in [0.3, 0.4) is 0 Å². The molecular formula is C11H16BrN3O. The van der Waals surface area contributed by atoms with Crippen LogP contribution in [0.15, 0.2) is 22.9 Å². The van der Waals surface area contributed by atoms with Crippen LogP contribution in [0.5, 0.6) is 0 Å². The zero-order valence-electron chi connectivity index (χ0n) is 9.53. The highest BCUT2D eigenvalue weighted by Crippen LogP contribution is 2.10. The Morgan fingerprint density at radius 2 is 2.38 bits per heavy atom. The van der Waals surface area contributed by atoms with Crippen molar-refractivity contribution in [2.75, 3.05) is 27.2 Å². The summed E-state index contributed by atoms with van der Waals surface area (Å²) in [5.74, 6) is 0.0270. The van der Waals surface area contributed by atoms with Crippen molar-refractivity contribution in [3.63, 3.8) is 0 Å². The van der Waals surface area contributed by atoms with Gasteiger partial charge in [0.15, 0.2) is 0 Å². The molecule has 88 valence electrons. The van der Waals surface area contributed by atoms with Gasteiger partial charge in [-0.15, -0.1) is 0 Å². The van der Waals surface area contributed by atoms with Crippen molar-refractivity contribution in [1.82, 2.24) is 15.2 Å². The number of halogens is 1. The minimum Gasteiger partial charge on any atom is -0.342 e. The van der Waals surface area contributed by atoms with Crippen molar-refractivity contribution in [1.29, 1.82) is 0 Å². The van der Waals surface area contributed by atoms with E-state index in [4.69, 9.17) is 0 Å². The van der Waals surface area contributed by atoms with E-state index in [1.54, 1.807) is 23.2 Å². The zero-order valence-corrected chi connectivity index (χ0v) is 11.1. The summed E-state index contributed by atoms with van der Waals surface area (Å²) in [5.41, 5.74) is 0.661. The molecule has 0 aliphatic carbocycles. The molecule has 0 saturated heterocycles. The molecule has 0 aliphatic rings. The second kappa shape index (κ2) is 6.60. The topological polar surface area (TPSA) is 45.2 Å². The average Bonchev–Trinajstić information content (AvgIpc) is 2.28. The summed E-state index contributed by atoms with van der Waals surface area (Å²) < 4.78 is 0.682. The van der Waals surface area contributed by atoms with Gasteiger partial charge in [0.25, 0.3) is 5.91 Å². The Bertz CT molecular complexity index is 357. The average molecular weight is 286 g/mol. The van der Waals surface area contributed by atoms with Crippen molar-refractivity contribution in [3.8, 4) is 0 Å². The molecular weight excluding hydrogens is 270 g/mol. The Kier molecular flexibility index (Phi) is 5.42. The molecule has 1 rings (SSSR count). The lowest BCUT2D eigenvalue weighted by atomic mass is 10.2. The van der Waals surface area contributed by atoms with E-state index in [2.05, 4.69) is 26.2 Å². The second-order valence-corrected chi connectivity index (χ2v) is 4.36. The van der Waals surface area contributed by atoms with Crippen LogP contribution in [-0.4, -0.2) is 43.0 Å². The van der Waals surface area contributed by atoms with Crippen molar-refractivity contribution in [2.24, 2.45) is 0 Å². The molecule has 0 aliphatic heterocycles. The third-order valence-electron chi connectivity index (χ3n) is 2.24. The minimum absolute atomic E-state index is 0.0270. The summed E-state index contributed by atoms with van der Waals surface area (Å²) in [4.78, 5) is 17.7. The minimum atomic E-state index is 0.0270. The van der Waals surface area contributed by atoms with Crippen LogP contribution in [0.1, 0.15) is 16.8 Å². The van der Waals surface area contributed by atoms with E-state index in [-0.39, 0.29) is 5.91 Å². The van der Waals surface area contributed by atoms with Gasteiger partial charge in [-0.25, -0.2) is 4.98 Å². The number of hydrogen-bond acceptors (Lipinski definition) is 3. The summed E-state index contributed by atoms with van der Waals surface area (Å²) in [6, 6.07) is 3.46. The van der Waals surface area contributed by atoms with E-state index in [1.165, 1.54) is 0 Å². The van der Waals surface area contributed by atoms with E-state index in [0.29, 0.717) is 10.2 Å². The molecule has 16 heavy (non-hydrogen) atoms. The number of carbonyl (C=O) groups is 1. The standard InChI is InChI=1S/C11H16BrN3O/c1-13-5-3-7-15(2)11(16)9-4-6-14-10(12)8-9/h4,6,8,13H,3,5,7H2,1-2H3. The molecule has 1 heterocycles. The number of hydrogen-bond donors (Lipinski definition) is 1. The highest BCUT2D eigenvalue weighted by atomic mass is 79.9. The number of carbonyl (C=O) groups excluding carboxylic acids is 1. The van der Waals surface area contributed by atoms with E-state index >= 15 is 0 Å². The van der Waals surface area contributed by atoms with Crippen LogP contribution in [0.25, 0.3) is 0 Å². The summed E-state index contributed by atoms with van der Waals surface area (Å²) in [7, 11) is 3.72. The zero-order chi connectivity index (χ0) is 12.0. The number of pyridine rings is 1. The van der Waals surface area contributed by atoms with E-state index < -0.39 is 0 Å². The summed E-state index contributed by atoms with van der Waals surface area (Å²) in [6.45, 7) is 1.66. The fourth-order valence-corrected chi connectivity index (χ4v) is 1.72. The quantitative estimate of drug-likeness (QED) is 0.659. The highest BCUT2D eigenvalue weighted by molar-refractivity contribution is 9.10. The van der Waals surface area contributed by atoms with Crippen LogP contribution >= 0.6 is 15.9 Å². The Hall–Kier alpha value is -0.940. The normalized spacial score (nSPS) is 10.2. The maximum Gasteiger partial charge on any atom is 0.253 e. The highest BCUT2D eigenvalue weighted by Gasteiger charge is 2.11. The van der Waals surface area contributed by atoms with Gasteiger partial charge in [0, 0.05) is 25.4 Å². The maximum atomic E-state index is 11.9. The fourth-order valence-electron chi connectivity index (χ4n) is 1.35. The summed E-state index contributed by atoms with van der Waals surface area (Å²) >= 11 is 3.25. The van der Waals surface area contributed by atoms with Gasteiger partial charge in [-0.2, -0.15) is 0 Å². The van der Waals surface area contributed by atoms with Crippen molar-refractivity contribution in [2.45, 2.75) is 6.42 Å². The van der Waals surface area contributed by atoms with E-state index in [1.807, 2.05) is 14.1 Å². The lowest BCUT2D eigenvalue weighted by molar-refractivity contribution is 0.0793. The molecule has 5 heteroatoms. The third kappa shape index (κ3) is 3.90. The van der Waals surface area contributed by atoms with Gasteiger partial charge in [-0.05, 0) is 48.1 Å². The first-order chi connectivity index (χ1) is 7.65. The Morgan fingerprint density at radius 3 is 3.00 bits per heavy atom. The number of rotatable bonds is 5. The third-order valence-corrected chi connectivity index (χ3v) is 2.67. The predicted molar refractivity (Wildman–Crippen MR) is 67.4 cm³/mol. The lowest BCUT2D eigenvalue weighted by Crippen LogP contribution is -2.29. The smallest absolute Gasteiger partial charge is 0.253 e. The molecule has 4 nitrogen and oxygen atoms in total. The van der Waals surface area contributed by atoms with Gasteiger partial charge in [0.05, 0.1) is 0 Å². The van der Waals surface area contributed by atoms with Gasteiger partial charge >= 0.3 is 0 Å². The number of aromatic nitrogens is 1. The maximum absolute atomic E-state index is 11.9. The molecule has 0 bridgehead atoms. The first-order valence-corrected chi connectivity index (χ1v) is 5.96. The number of amides is 1. The van der Waals surface area contributed by atoms with Crippen molar-refractivity contribution in [3.05, 3.63) is 28.5 Å². The van der Waals surface area contributed by atoms with Gasteiger partial charge in [-0.3, -0.25) is 4.79 Å². The molecule has 1 N–H and O–H groups in total. The van der Waals surface area contributed by atoms with Crippen LogP contribution < -0.4 is 5.32 Å². The molecule has 1 aromatic heterocycles. The Labute approximate surface area is 104 Å². The predicted octanol–water partition coefficient (Wildman–Crippen LogP) is 1.53. The molecule has 0 unspecified atom stereocenters. The first-order valence-electron chi connectivity index (χ1n) is 5.16. The number of nitrogens with zero attached hydrogens (tertiary/aromatic N) is 2. The van der Waals surface area contributed by atoms with E-state index in [9.17, 15) is 4.79 Å². The van der Waals surface area contributed by atoms with Crippen molar-refractivity contribution >= 4 is 21.8 Å². The van der Waals surface area contributed by atoms with Crippen LogP contribution in [0, 0.1) is 0 Å².